The van der Waals surface area contributed by atoms with Gasteiger partial charge in [-0.15, -0.1) is 0 Å². The van der Waals surface area contributed by atoms with Gasteiger partial charge in [0, 0.05) is 38.8 Å². The third kappa shape index (κ3) is 4.75. The van der Waals surface area contributed by atoms with Crippen molar-refractivity contribution in [1.82, 2.24) is 19.6 Å². The molecule has 3 aromatic rings. The number of alkyl halides is 3. The highest BCUT2D eigenvalue weighted by Crippen LogP contribution is 2.35. The van der Waals surface area contributed by atoms with Crippen LogP contribution in [0.4, 0.5) is 22.0 Å². The quantitative estimate of drug-likeness (QED) is 0.522. The summed E-state index contributed by atoms with van der Waals surface area (Å²) in [5.74, 6) is -3.34. The number of nitrogens with zero attached hydrogens (tertiary/aromatic N) is 4. The summed E-state index contributed by atoms with van der Waals surface area (Å²) in [5.41, 5.74) is -1.20. The predicted octanol–water partition coefficient (Wildman–Crippen LogP) is 4.52. The smallest absolute Gasteiger partial charge is 0.337 e. The van der Waals surface area contributed by atoms with Gasteiger partial charge in [0.15, 0.2) is 17.3 Å². The molecule has 0 spiro atoms. The molecule has 1 fully saturated rings. The van der Waals surface area contributed by atoms with Crippen LogP contribution < -0.4 is 0 Å². The fraction of sp³-hybridized carbons (Fsp3) is 0.304. The molecule has 0 aliphatic carbocycles. The van der Waals surface area contributed by atoms with E-state index in [0.29, 0.717) is 42.9 Å². The van der Waals surface area contributed by atoms with Gasteiger partial charge in [-0.25, -0.2) is 13.5 Å². The van der Waals surface area contributed by atoms with Crippen LogP contribution in [-0.4, -0.2) is 51.7 Å². The maximum Gasteiger partial charge on any atom is 0.434 e. The summed E-state index contributed by atoms with van der Waals surface area (Å²) in [5, 5.41) is 3.67. The van der Waals surface area contributed by atoms with Crippen LogP contribution in [0.3, 0.4) is 0 Å². The van der Waals surface area contributed by atoms with E-state index in [4.69, 9.17) is 0 Å². The van der Waals surface area contributed by atoms with Crippen molar-refractivity contribution >= 4 is 5.91 Å². The zero-order valence-corrected chi connectivity index (χ0v) is 17.7. The first-order valence-corrected chi connectivity index (χ1v) is 10.3. The van der Waals surface area contributed by atoms with Crippen molar-refractivity contribution < 1.29 is 26.7 Å². The number of hydrogen-bond donors (Lipinski definition) is 0. The number of aromatic nitrogens is 2. The van der Waals surface area contributed by atoms with E-state index in [-0.39, 0.29) is 11.7 Å². The van der Waals surface area contributed by atoms with Crippen LogP contribution in [0.2, 0.25) is 0 Å². The van der Waals surface area contributed by atoms with E-state index in [9.17, 15) is 26.7 Å². The first-order valence-electron chi connectivity index (χ1n) is 10.3. The summed E-state index contributed by atoms with van der Waals surface area (Å²) in [6.45, 7) is 1.91. The first-order chi connectivity index (χ1) is 15.6. The second-order valence-electron chi connectivity index (χ2n) is 7.99. The van der Waals surface area contributed by atoms with Crippen LogP contribution in [0.15, 0.2) is 54.7 Å². The highest BCUT2D eigenvalue weighted by Gasteiger charge is 2.42. The summed E-state index contributed by atoms with van der Waals surface area (Å²) in [6.07, 6.45) is -3.50. The van der Waals surface area contributed by atoms with Gasteiger partial charge in [-0.1, -0.05) is 30.3 Å². The molecule has 33 heavy (non-hydrogen) atoms. The minimum atomic E-state index is -4.94. The van der Waals surface area contributed by atoms with Crippen molar-refractivity contribution in [2.75, 3.05) is 20.1 Å². The van der Waals surface area contributed by atoms with Gasteiger partial charge >= 0.3 is 6.18 Å². The van der Waals surface area contributed by atoms with E-state index in [0.717, 1.165) is 17.8 Å². The van der Waals surface area contributed by atoms with Crippen molar-refractivity contribution in [3.8, 4) is 5.69 Å². The second kappa shape index (κ2) is 8.93. The largest absolute Gasteiger partial charge is 0.434 e. The molecule has 1 aromatic heterocycles. The molecule has 2 heterocycles. The first kappa shape index (κ1) is 22.9. The highest BCUT2D eigenvalue weighted by molar-refractivity contribution is 5.95. The van der Waals surface area contributed by atoms with Gasteiger partial charge in [0.25, 0.3) is 5.91 Å². The minimum Gasteiger partial charge on any atom is -0.337 e. The number of likely N-dealkylation sites (tertiary alicyclic amines) is 1. The summed E-state index contributed by atoms with van der Waals surface area (Å²) in [4.78, 5) is 16.5. The molecule has 0 saturated carbocycles. The van der Waals surface area contributed by atoms with E-state index in [1.807, 2.05) is 30.3 Å². The molecule has 4 rings (SSSR count). The fourth-order valence-electron chi connectivity index (χ4n) is 4.06. The molecular weight excluding hydrogens is 443 g/mol. The second-order valence-corrected chi connectivity index (χ2v) is 7.99. The van der Waals surface area contributed by atoms with Crippen LogP contribution in [0, 0.1) is 11.6 Å². The zero-order valence-electron chi connectivity index (χ0n) is 17.7. The lowest BCUT2D eigenvalue weighted by atomic mass is 10.1. The fourth-order valence-corrected chi connectivity index (χ4v) is 4.06. The molecule has 1 aliphatic heterocycles. The van der Waals surface area contributed by atoms with Gasteiger partial charge in [-0.3, -0.25) is 9.69 Å². The van der Waals surface area contributed by atoms with Crippen LogP contribution in [0.1, 0.15) is 28.0 Å². The third-order valence-electron chi connectivity index (χ3n) is 5.78. The average Bonchev–Trinajstić information content (AvgIpc) is 3.43. The maximum atomic E-state index is 13.9. The number of likely N-dealkylation sites (N-methyl/N-ethyl adjacent to an activating group) is 1. The lowest BCUT2D eigenvalue weighted by molar-refractivity contribution is -0.143. The highest BCUT2D eigenvalue weighted by atomic mass is 19.4. The Kier molecular flexibility index (Phi) is 6.20. The van der Waals surface area contributed by atoms with E-state index < -0.39 is 35.0 Å². The monoisotopic (exact) mass is 464 g/mol. The Labute approximate surface area is 187 Å². The molecule has 1 amide bonds. The Bertz CT molecular complexity index is 1150. The molecule has 1 unspecified atom stereocenters. The Hall–Kier alpha value is -3.27. The number of halogens is 5. The molecule has 174 valence electrons. The standard InChI is InChI=1S/C23H21F5N4O/c1-30(17-9-10-31(14-17)13-15-5-3-2-4-6-15)22(33)18-12-29-32(21(18)23(26,27)28)16-7-8-19(24)20(25)11-16/h2-8,11-12,17H,9-10,13-14H2,1H3. The van der Waals surface area contributed by atoms with E-state index in [1.54, 1.807) is 0 Å². The van der Waals surface area contributed by atoms with Crippen molar-refractivity contribution in [2.24, 2.45) is 0 Å². The number of carbonyl (C=O) groups is 1. The van der Waals surface area contributed by atoms with E-state index in [1.165, 1.54) is 11.9 Å². The molecule has 2 aromatic carbocycles. The zero-order chi connectivity index (χ0) is 23.8. The van der Waals surface area contributed by atoms with Crippen LogP contribution in [-0.2, 0) is 12.7 Å². The van der Waals surface area contributed by atoms with Crippen molar-refractivity contribution in [3.05, 3.63) is 83.2 Å². The number of benzene rings is 2. The molecule has 1 atom stereocenters. The Morgan fingerprint density at radius 2 is 1.85 bits per heavy atom. The lowest BCUT2D eigenvalue weighted by Crippen LogP contribution is -2.39. The molecule has 0 N–H and O–H groups in total. The number of hydrogen-bond acceptors (Lipinski definition) is 3. The SMILES string of the molecule is CN(C(=O)c1cnn(-c2ccc(F)c(F)c2)c1C(F)(F)F)C1CCN(Cc2ccccc2)C1. The molecular formula is C23H21F5N4O. The number of carbonyl (C=O) groups excluding carboxylic acids is 1. The van der Waals surface area contributed by atoms with Crippen molar-refractivity contribution in [2.45, 2.75) is 25.2 Å². The van der Waals surface area contributed by atoms with E-state index in [2.05, 4.69) is 10.00 Å². The van der Waals surface area contributed by atoms with Crippen LogP contribution in [0.5, 0.6) is 0 Å². The molecule has 5 nitrogen and oxygen atoms in total. The predicted molar refractivity (Wildman–Crippen MR) is 111 cm³/mol. The van der Waals surface area contributed by atoms with Crippen molar-refractivity contribution in [1.29, 1.82) is 0 Å². The average molecular weight is 464 g/mol. The van der Waals surface area contributed by atoms with Gasteiger partial charge in [0.05, 0.1) is 17.4 Å². The van der Waals surface area contributed by atoms with Crippen molar-refractivity contribution in [3.63, 3.8) is 0 Å². The minimum absolute atomic E-state index is 0.270. The molecule has 0 radical (unpaired) electrons. The molecule has 1 aliphatic rings. The van der Waals surface area contributed by atoms with Crippen LogP contribution >= 0.6 is 0 Å². The molecule has 1 saturated heterocycles. The Morgan fingerprint density at radius 1 is 1.12 bits per heavy atom. The topological polar surface area (TPSA) is 41.4 Å². The normalized spacial score (nSPS) is 16.8. The van der Waals surface area contributed by atoms with Gasteiger partial charge in [0.1, 0.15) is 0 Å². The number of rotatable bonds is 5. The van der Waals surface area contributed by atoms with Gasteiger partial charge in [-0.05, 0) is 24.1 Å². The van der Waals surface area contributed by atoms with Gasteiger partial charge in [-0.2, -0.15) is 18.3 Å². The third-order valence-corrected chi connectivity index (χ3v) is 5.78. The summed E-state index contributed by atoms with van der Waals surface area (Å²) < 4.78 is 69.0. The molecule has 10 heteroatoms. The number of amides is 1. The summed E-state index contributed by atoms with van der Waals surface area (Å²) in [6, 6.07) is 11.8. The van der Waals surface area contributed by atoms with Gasteiger partial charge in [0.2, 0.25) is 0 Å². The van der Waals surface area contributed by atoms with E-state index >= 15 is 0 Å². The van der Waals surface area contributed by atoms with Crippen LogP contribution in [0.25, 0.3) is 5.69 Å². The Morgan fingerprint density at radius 3 is 2.52 bits per heavy atom. The summed E-state index contributed by atoms with van der Waals surface area (Å²) in [7, 11) is 1.47. The van der Waals surface area contributed by atoms with Gasteiger partial charge < -0.3 is 4.90 Å². The Balaban J connectivity index is 1.56. The summed E-state index contributed by atoms with van der Waals surface area (Å²) >= 11 is 0. The molecule has 0 bridgehead atoms. The lowest BCUT2D eigenvalue weighted by Gasteiger charge is -2.25. The maximum absolute atomic E-state index is 13.9.